The first-order chi connectivity index (χ1) is 8.56. The van der Waals surface area contributed by atoms with Gasteiger partial charge in [-0.05, 0) is 32.8 Å². The highest BCUT2D eigenvalue weighted by Crippen LogP contribution is 2.26. The van der Waals surface area contributed by atoms with Crippen molar-refractivity contribution < 1.29 is 13.9 Å². The lowest BCUT2D eigenvalue weighted by Crippen LogP contribution is -2.19. The van der Waals surface area contributed by atoms with Crippen LogP contribution in [0.3, 0.4) is 0 Å². The minimum atomic E-state index is -0.310. The zero-order valence-electron chi connectivity index (χ0n) is 10.9. The summed E-state index contributed by atoms with van der Waals surface area (Å²) in [5, 5.41) is 0. The van der Waals surface area contributed by atoms with Crippen LogP contribution in [0.25, 0.3) is 0 Å². The lowest BCUT2D eigenvalue weighted by Gasteiger charge is -2.17. The van der Waals surface area contributed by atoms with Gasteiger partial charge in [-0.3, -0.25) is 0 Å². The van der Waals surface area contributed by atoms with E-state index in [1.165, 1.54) is 12.1 Å². The average Bonchev–Trinajstić information content (AvgIpc) is 2.72. The Bertz CT molecular complexity index is 409. The molecule has 1 heterocycles. The van der Waals surface area contributed by atoms with E-state index < -0.39 is 0 Å². The topological polar surface area (TPSA) is 44.5 Å². The van der Waals surface area contributed by atoms with E-state index in [2.05, 4.69) is 6.92 Å². The molecule has 3 nitrogen and oxygen atoms in total. The van der Waals surface area contributed by atoms with Crippen molar-refractivity contribution in [2.24, 2.45) is 5.73 Å². The Morgan fingerprint density at radius 1 is 1.50 bits per heavy atom. The molecule has 2 N–H and O–H groups in total. The fourth-order valence-electron chi connectivity index (χ4n) is 2.20. The summed E-state index contributed by atoms with van der Waals surface area (Å²) in [6.07, 6.45) is 2.43. The van der Waals surface area contributed by atoms with E-state index in [4.69, 9.17) is 15.2 Å². The van der Waals surface area contributed by atoms with E-state index in [0.29, 0.717) is 18.5 Å². The van der Waals surface area contributed by atoms with Crippen LogP contribution in [-0.4, -0.2) is 18.8 Å². The summed E-state index contributed by atoms with van der Waals surface area (Å²) in [4.78, 5) is 0. The average molecular weight is 253 g/mol. The van der Waals surface area contributed by atoms with E-state index in [-0.39, 0.29) is 18.0 Å². The van der Waals surface area contributed by atoms with Crippen molar-refractivity contribution in [3.05, 3.63) is 29.6 Å². The van der Waals surface area contributed by atoms with Crippen molar-refractivity contribution in [3.63, 3.8) is 0 Å². The molecule has 0 saturated carbocycles. The molecular weight excluding hydrogens is 233 g/mol. The number of benzene rings is 1. The van der Waals surface area contributed by atoms with E-state index in [9.17, 15) is 4.39 Å². The van der Waals surface area contributed by atoms with E-state index >= 15 is 0 Å². The lowest BCUT2D eigenvalue weighted by molar-refractivity contribution is 0.0261. The van der Waals surface area contributed by atoms with Gasteiger partial charge in [0.2, 0.25) is 0 Å². The Kier molecular flexibility index (Phi) is 4.19. The van der Waals surface area contributed by atoms with Crippen LogP contribution in [0.5, 0.6) is 5.75 Å². The fourth-order valence-corrected chi connectivity index (χ4v) is 2.20. The van der Waals surface area contributed by atoms with Crippen LogP contribution >= 0.6 is 0 Å². The maximum Gasteiger partial charge on any atom is 0.127 e. The quantitative estimate of drug-likeness (QED) is 0.897. The lowest BCUT2D eigenvalue weighted by atomic mass is 10.1. The molecule has 2 rings (SSSR count). The molecule has 0 radical (unpaired) electrons. The van der Waals surface area contributed by atoms with Gasteiger partial charge in [-0.25, -0.2) is 4.39 Å². The zero-order chi connectivity index (χ0) is 13.1. The third kappa shape index (κ3) is 3.21. The van der Waals surface area contributed by atoms with Gasteiger partial charge in [0.25, 0.3) is 0 Å². The number of rotatable bonds is 4. The summed E-state index contributed by atoms with van der Waals surface area (Å²) in [7, 11) is 0. The largest absolute Gasteiger partial charge is 0.490 e. The van der Waals surface area contributed by atoms with Crippen LogP contribution in [0.1, 0.15) is 38.3 Å². The Morgan fingerprint density at radius 3 is 2.89 bits per heavy atom. The SMILES string of the molecule is CC1CCC(COc2cc(F)ccc2[C@@H](C)N)O1. The van der Waals surface area contributed by atoms with Gasteiger partial charge in [0.05, 0.1) is 12.2 Å². The van der Waals surface area contributed by atoms with Gasteiger partial charge in [-0.1, -0.05) is 6.07 Å². The molecule has 1 aliphatic heterocycles. The Labute approximate surface area is 107 Å². The summed E-state index contributed by atoms with van der Waals surface area (Å²) < 4.78 is 24.6. The van der Waals surface area contributed by atoms with E-state index in [0.717, 1.165) is 18.4 Å². The molecule has 2 unspecified atom stereocenters. The zero-order valence-corrected chi connectivity index (χ0v) is 10.9. The molecule has 0 bridgehead atoms. The molecule has 3 atom stereocenters. The summed E-state index contributed by atoms with van der Waals surface area (Å²) in [6.45, 7) is 4.36. The third-order valence-electron chi connectivity index (χ3n) is 3.21. The Morgan fingerprint density at radius 2 is 2.28 bits per heavy atom. The van der Waals surface area contributed by atoms with Crippen molar-refractivity contribution in [2.45, 2.75) is 44.9 Å². The molecule has 0 spiro atoms. The molecule has 4 heteroatoms. The van der Waals surface area contributed by atoms with Crippen LogP contribution in [0, 0.1) is 5.82 Å². The highest BCUT2D eigenvalue weighted by atomic mass is 19.1. The number of hydrogen-bond donors (Lipinski definition) is 1. The minimum absolute atomic E-state index is 0.101. The second-order valence-electron chi connectivity index (χ2n) is 4.93. The molecule has 1 aromatic carbocycles. The normalized spacial score (nSPS) is 25.1. The van der Waals surface area contributed by atoms with Crippen molar-refractivity contribution in [3.8, 4) is 5.75 Å². The molecule has 100 valence electrons. The van der Waals surface area contributed by atoms with Gasteiger partial charge in [0.1, 0.15) is 18.2 Å². The van der Waals surface area contributed by atoms with Crippen molar-refractivity contribution >= 4 is 0 Å². The molecule has 0 amide bonds. The monoisotopic (exact) mass is 253 g/mol. The number of ether oxygens (including phenoxy) is 2. The highest BCUT2D eigenvalue weighted by molar-refractivity contribution is 5.36. The molecule has 1 aromatic rings. The summed E-state index contributed by atoms with van der Waals surface area (Å²) in [5.41, 5.74) is 6.66. The molecule has 0 aliphatic carbocycles. The van der Waals surface area contributed by atoms with Gasteiger partial charge in [-0.15, -0.1) is 0 Å². The molecular formula is C14H20FNO2. The molecule has 0 aromatic heterocycles. The minimum Gasteiger partial charge on any atom is -0.490 e. The van der Waals surface area contributed by atoms with E-state index in [1.807, 2.05) is 6.92 Å². The highest BCUT2D eigenvalue weighted by Gasteiger charge is 2.22. The number of nitrogens with two attached hydrogens (primary N) is 1. The first-order valence-corrected chi connectivity index (χ1v) is 6.39. The smallest absolute Gasteiger partial charge is 0.127 e. The second-order valence-corrected chi connectivity index (χ2v) is 4.93. The van der Waals surface area contributed by atoms with Crippen molar-refractivity contribution in [1.29, 1.82) is 0 Å². The van der Waals surface area contributed by atoms with E-state index in [1.54, 1.807) is 6.07 Å². The summed E-state index contributed by atoms with van der Waals surface area (Å²) in [6, 6.07) is 4.29. The maximum absolute atomic E-state index is 13.2. The van der Waals surface area contributed by atoms with Crippen LogP contribution in [0.2, 0.25) is 0 Å². The van der Waals surface area contributed by atoms with Gasteiger partial charge in [0.15, 0.2) is 0 Å². The number of hydrogen-bond acceptors (Lipinski definition) is 3. The van der Waals surface area contributed by atoms with Gasteiger partial charge in [0, 0.05) is 17.7 Å². The van der Waals surface area contributed by atoms with Crippen molar-refractivity contribution in [2.75, 3.05) is 6.61 Å². The predicted octanol–water partition coefficient (Wildman–Crippen LogP) is 2.79. The number of halogens is 1. The molecule has 1 aliphatic rings. The van der Waals surface area contributed by atoms with Crippen LogP contribution < -0.4 is 10.5 Å². The van der Waals surface area contributed by atoms with Gasteiger partial charge >= 0.3 is 0 Å². The fraction of sp³-hybridized carbons (Fsp3) is 0.571. The Balaban J connectivity index is 2.01. The second kappa shape index (κ2) is 5.67. The van der Waals surface area contributed by atoms with Crippen molar-refractivity contribution in [1.82, 2.24) is 0 Å². The van der Waals surface area contributed by atoms with Crippen LogP contribution in [0.15, 0.2) is 18.2 Å². The summed E-state index contributed by atoms with van der Waals surface area (Å²) in [5.74, 6) is 0.211. The van der Waals surface area contributed by atoms with Gasteiger partial charge in [-0.2, -0.15) is 0 Å². The summed E-state index contributed by atoms with van der Waals surface area (Å²) >= 11 is 0. The molecule has 1 saturated heterocycles. The third-order valence-corrected chi connectivity index (χ3v) is 3.21. The molecule has 18 heavy (non-hydrogen) atoms. The first kappa shape index (κ1) is 13.3. The van der Waals surface area contributed by atoms with Crippen LogP contribution in [0.4, 0.5) is 4.39 Å². The predicted molar refractivity (Wildman–Crippen MR) is 68.1 cm³/mol. The first-order valence-electron chi connectivity index (χ1n) is 6.39. The standard InChI is InChI=1S/C14H20FNO2/c1-9-3-5-12(18-9)8-17-14-7-11(15)4-6-13(14)10(2)16/h4,6-7,9-10,12H,3,5,8,16H2,1-2H3/t9?,10-,12?/m1/s1. The van der Waals surface area contributed by atoms with Gasteiger partial charge < -0.3 is 15.2 Å². The van der Waals surface area contributed by atoms with Crippen LogP contribution in [-0.2, 0) is 4.74 Å². The maximum atomic E-state index is 13.2. The molecule has 1 fully saturated rings. The Hall–Kier alpha value is -1.13.